The number of amides is 2. The van der Waals surface area contributed by atoms with Gasteiger partial charge in [-0.3, -0.25) is 9.59 Å². The molecule has 1 aromatic carbocycles. The van der Waals surface area contributed by atoms with E-state index < -0.39 is 0 Å². The van der Waals surface area contributed by atoms with E-state index in [4.69, 9.17) is 0 Å². The van der Waals surface area contributed by atoms with Crippen LogP contribution in [0.2, 0.25) is 0 Å². The SMILES string of the molecule is CCCNC(=O)[C@H]1CC(=O)N(c2ccc(CC)cc2)C1. The van der Waals surface area contributed by atoms with Crippen molar-refractivity contribution in [3.8, 4) is 0 Å². The average molecular weight is 274 g/mol. The first-order valence-electron chi connectivity index (χ1n) is 7.32. The molecule has 1 aliphatic rings. The first-order valence-corrected chi connectivity index (χ1v) is 7.32. The predicted molar refractivity (Wildman–Crippen MR) is 79.6 cm³/mol. The van der Waals surface area contributed by atoms with E-state index in [1.165, 1.54) is 5.56 Å². The van der Waals surface area contributed by atoms with Crippen molar-refractivity contribution in [2.45, 2.75) is 33.1 Å². The highest BCUT2D eigenvalue weighted by atomic mass is 16.2. The van der Waals surface area contributed by atoms with Gasteiger partial charge >= 0.3 is 0 Å². The number of hydrogen-bond donors (Lipinski definition) is 1. The van der Waals surface area contributed by atoms with Crippen LogP contribution < -0.4 is 10.2 Å². The summed E-state index contributed by atoms with van der Waals surface area (Å²) in [5.41, 5.74) is 2.13. The maximum atomic E-state index is 12.1. The lowest BCUT2D eigenvalue weighted by Gasteiger charge is -2.17. The highest BCUT2D eigenvalue weighted by Gasteiger charge is 2.34. The normalized spacial score (nSPS) is 18.4. The molecule has 1 fully saturated rings. The number of aryl methyl sites for hydroxylation is 1. The van der Waals surface area contributed by atoms with Crippen LogP contribution in [0.1, 0.15) is 32.3 Å². The van der Waals surface area contributed by atoms with Crippen LogP contribution in [0.5, 0.6) is 0 Å². The zero-order valence-electron chi connectivity index (χ0n) is 12.2. The van der Waals surface area contributed by atoms with Crippen molar-refractivity contribution in [3.63, 3.8) is 0 Å². The van der Waals surface area contributed by atoms with Gasteiger partial charge in [0.05, 0.1) is 5.92 Å². The number of carbonyl (C=O) groups excluding carboxylic acids is 2. The Balaban J connectivity index is 2.03. The summed E-state index contributed by atoms with van der Waals surface area (Å²) in [6, 6.07) is 7.99. The molecule has 1 saturated heterocycles. The van der Waals surface area contributed by atoms with Gasteiger partial charge in [-0.05, 0) is 30.5 Å². The number of nitrogens with one attached hydrogen (secondary N) is 1. The van der Waals surface area contributed by atoms with Crippen molar-refractivity contribution >= 4 is 17.5 Å². The first kappa shape index (κ1) is 14.6. The summed E-state index contributed by atoms with van der Waals surface area (Å²) in [5.74, 6) is -0.196. The molecule has 0 spiro atoms. The number of benzene rings is 1. The highest BCUT2D eigenvalue weighted by Crippen LogP contribution is 2.25. The molecule has 1 aromatic rings. The van der Waals surface area contributed by atoms with Gasteiger partial charge in [0.1, 0.15) is 0 Å². The minimum absolute atomic E-state index is 0.00659. The van der Waals surface area contributed by atoms with Crippen molar-refractivity contribution in [2.75, 3.05) is 18.0 Å². The summed E-state index contributed by atoms with van der Waals surface area (Å²) in [6.07, 6.45) is 2.20. The number of hydrogen-bond acceptors (Lipinski definition) is 2. The fourth-order valence-electron chi connectivity index (χ4n) is 2.44. The van der Waals surface area contributed by atoms with Crippen LogP contribution in [0.4, 0.5) is 5.69 Å². The lowest BCUT2D eigenvalue weighted by Crippen LogP contribution is -2.33. The molecule has 1 aliphatic heterocycles. The van der Waals surface area contributed by atoms with Crippen LogP contribution in [0.15, 0.2) is 24.3 Å². The molecule has 0 saturated carbocycles. The third-order valence-electron chi connectivity index (χ3n) is 3.70. The second-order valence-electron chi connectivity index (χ2n) is 5.22. The molecule has 0 radical (unpaired) electrons. The first-order chi connectivity index (χ1) is 9.65. The molecule has 4 heteroatoms. The standard InChI is InChI=1S/C16H22N2O2/c1-3-9-17-16(20)13-10-15(19)18(11-13)14-7-5-12(4-2)6-8-14/h5-8,13H,3-4,9-11H2,1-2H3,(H,17,20)/t13-/m0/s1. The summed E-state index contributed by atoms with van der Waals surface area (Å²) in [5, 5.41) is 2.87. The quantitative estimate of drug-likeness (QED) is 0.894. The van der Waals surface area contributed by atoms with E-state index in [2.05, 4.69) is 12.2 Å². The van der Waals surface area contributed by atoms with E-state index in [0.717, 1.165) is 18.5 Å². The molecule has 0 aromatic heterocycles. The lowest BCUT2D eigenvalue weighted by molar-refractivity contribution is -0.126. The summed E-state index contributed by atoms with van der Waals surface area (Å²) < 4.78 is 0. The zero-order valence-corrected chi connectivity index (χ0v) is 12.2. The fraction of sp³-hybridized carbons (Fsp3) is 0.500. The van der Waals surface area contributed by atoms with E-state index in [1.807, 2.05) is 31.2 Å². The maximum absolute atomic E-state index is 12.1. The Kier molecular flexibility index (Phi) is 4.77. The van der Waals surface area contributed by atoms with Gasteiger partial charge in [-0.15, -0.1) is 0 Å². The largest absolute Gasteiger partial charge is 0.356 e. The molecule has 4 nitrogen and oxygen atoms in total. The Morgan fingerprint density at radius 1 is 1.30 bits per heavy atom. The summed E-state index contributed by atoms with van der Waals surface area (Å²) in [6.45, 7) is 5.28. The van der Waals surface area contributed by atoms with Crippen LogP contribution in [0, 0.1) is 5.92 Å². The number of anilines is 1. The molecule has 0 aliphatic carbocycles. The van der Waals surface area contributed by atoms with Gasteiger partial charge in [-0.2, -0.15) is 0 Å². The van der Waals surface area contributed by atoms with Crippen molar-refractivity contribution in [1.29, 1.82) is 0 Å². The molecule has 108 valence electrons. The van der Waals surface area contributed by atoms with Gasteiger partial charge in [0.15, 0.2) is 0 Å². The summed E-state index contributed by atoms with van der Waals surface area (Å²) in [7, 11) is 0. The molecule has 2 amide bonds. The van der Waals surface area contributed by atoms with E-state index >= 15 is 0 Å². The third-order valence-corrected chi connectivity index (χ3v) is 3.70. The van der Waals surface area contributed by atoms with E-state index in [9.17, 15) is 9.59 Å². The highest BCUT2D eigenvalue weighted by molar-refractivity contribution is 6.00. The van der Waals surface area contributed by atoms with Crippen molar-refractivity contribution in [3.05, 3.63) is 29.8 Å². The van der Waals surface area contributed by atoms with Gasteiger partial charge in [0, 0.05) is 25.2 Å². The number of rotatable bonds is 5. The Morgan fingerprint density at radius 3 is 2.60 bits per heavy atom. The molecule has 1 atom stereocenters. The molecule has 0 bridgehead atoms. The van der Waals surface area contributed by atoms with E-state index in [0.29, 0.717) is 19.5 Å². The van der Waals surface area contributed by atoms with Crippen LogP contribution in [-0.4, -0.2) is 24.9 Å². The minimum Gasteiger partial charge on any atom is -0.356 e. The van der Waals surface area contributed by atoms with Gasteiger partial charge in [0.2, 0.25) is 11.8 Å². The monoisotopic (exact) mass is 274 g/mol. The topological polar surface area (TPSA) is 49.4 Å². The fourth-order valence-corrected chi connectivity index (χ4v) is 2.44. The lowest BCUT2D eigenvalue weighted by atomic mass is 10.1. The number of nitrogens with zero attached hydrogens (tertiary/aromatic N) is 1. The van der Waals surface area contributed by atoms with Gasteiger partial charge in [-0.25, -0.2) is 0 Å². The summed E-state index contributed by atoms with van der Waals surface area (Å²) in [4.78, 5) is 25.7. The van der Waals surface area contributed by atoms with Gasteiger partial charge in [0.25, 0.3) is 0 Å². The Labute approximate surface area is 120 Å². The Bertz CT molecular complexity index is 482. The Hall–Kier alpha value is -1.84. The minimum atomic E-state index is -0.222. The zero-order chi connectivity index (χ0) is 14.5. The van der Waals surface area contributed by atoms with Crippen molar-refractivity contribution in [2.24, 2.45) is 5.92 Å². The second kappa shape index (κ2) is 6.55. The van der Waals surface area contributed by atoms with E-state index in [1.54, 1.807) is 4.90 Å². The second-order valence-corrected chi connectivity index (χ2v) is 5.22. The van der Waals surface area contributed by atoms with E-state index in [-0.39, 0.29) is 17.7 Å². The van der Waals surface area contributed by atoms with Crippen LogP contribution >= 0.6 is 0 Å². The molecular weight excluding hydrogens is 252 g/mol. The predicted octanol–water partition coefficient (Wildman–Crippen LogP) is 2.13. The number of carbonyl (C=O) groups is 2. The van der Waals surface area contributed by atoms with Crippen molar-refractivity contribution in [1.82, 2.24) is 5.32 Å². The van der Waals surface area contributed by atoms with Crippen LogP contribution in [0.3, 0.4) is 0 Å². The third kappa shape index (κ3) is 3.18. The molecule has 1 heterocycles. The Morgan fingerprint density at radius 2 is 2.00 bits per heavy atom. The molecule has 1 N–H and O–H groups in total. The average Bonchev–Trinajstić information content (AvgIpc) is 2.87. The molecule has 2 rings (SSSR count). The van der Waals surface area contributed by atoms with Gasteiger partial charge < -0.3 is 10.2 Å². The molecule has 0 unspecified atom stereocenters. The maximum Gasteiger partial charge on any atom is 0.227 e. The molecule has 20 heavy (non-hydrogen) atoms. The van der Waals surface area contributed by atoms with Crippen molar-refractivity contribution < 1.29 is 9.59 Å². The smallest absolute Gasteiger partial charge is 0.227 e. The van der Waals surface area contributed by atoms with Gasteiger partial charge in [-0.1, -0.05) is 26.0 Å². The summed E-state index contributed by atoms with van der Waals surface area (Å²) >= 11 is 0. The molecular formula is C16H22N2O2. The van der Waals surface area contributed by atoms with Crippen LogP contribution in [-0.2, 0) is 16.0 Å². The van der Waals surface area contributed by atoms with Crippen LogP contribution in [0.25, 0.3) is 0 Å².